The Balaban J connectivity index is 1.57. The highest BCUT2D eigenvalue weighted by Crippen LogP contribution is 2.37. The lowest BCUT2D eigenvalue weighted by Gasteiger charge is -2.30. The lowest BCUT2D eigenvalue weighted by Crippen LogP contribution is -2.56. The number of fused-ring (bicyclic) bond motifs is 1. The zero-order chi connectivity index (χ0) is 28.8. The van der Waals surface area contributed by atoms with Crippen LogP contribution in [0.2, 0.25) is 0 Å². The Labute approximate surface area is 231 Å². The van der Waals surface area contributed by atoms with E-state index in [2.05, 4.69) is 10.6 Å². The lowest BCUT2D eigenvalue weighted by molar-refractivity contribution is -0.131. The minimum absolute atomic E-state index is 0.0919. The maximum atomic E-state index is 14.1. The van der Waals surface area contributed by atoms with Crippen LogP contribution in [0, 0.1) is 11.6 Å². The first-order valence-corrected chi connectivity index (χ1v) is 12.9. The van der Waals surface area contributed by atoms with Crippen LogP contribution >= 0.6 is 0 Å². The molecule has 1 aliphatic heterocycles. The first-order chi connectivity index (χ1) is 19.1. The highest BCUT2D eigenvalue weighted by atomic mass is 19.1. The Morgan fingerprint density at radius 2 is 1.65 bits per heavy atom. The van der Waals surface area contributed by atoms with Gasteiger partial charge in [0, 0.05) is 19.2 Å². The van der Waals surface area contributed by atoms with Crippen molar-refractivity contribution in [2.75, 3.05) is 32.1 Å². The van der Waals surface area contributed by atoms with E-state index in [0.29, 0.717) is 30.6 Å². The second kappa shape index (κ2) is 12.8. The minimum atomic E-state index is -0.992. The summed E-state index contributed by atoms with van der Waals surface area (Å²) in [5.74, 6) is -2.82. The molecule has 0 spiro atoms. The van der Waals surface area contributed by atoms with Gasteiger partial charge in [-0.2, -0.15) is 0 Å². The van der Waals surface area contributed by atoms with Crippen LogP contribution in [0.3, 0.4) is 0 Å². The molecule has 0 radical (unpaired) electrons. The molecule has 3 aromatic rings. The van der Waals surface area contributed by atoms with E-state index in [4.69, 9.17) is 4.74 Å². The van der Waals surface area contributed by atoms with Gasteiger partial charge in [0.15, 0.2) is 0 Å². The quantitative estimate of drug-likeness (QED) is 0.425. The van der Waals surface area contributed by atoms with E-state index >= 15 is 0 Å². The first kappa shape index (κ1) is 28.8. The molecule has 10 heteroatoms. The average Bonchev–Trinajstić information content (AvgIpc) is 3.01. The molecule has 3 atom stereocenters. The molecule has 40 heavy (non-hydrogen) atoms. The lowest BCUT2D eigenvalue weighted by atomic mass is 10.00. The van der Waals surface area contributed by atoms with E-state index in [1.807, 2.05) is 67.5 Å². The molecule has 3 aromatic carbocycles. The van der Waals surface area contributed by atoms with Gasteiger partial charge in [-0.25, -0.2) is 8.78 Å². The summed E-state index contributed by atoms with van der Waals surface area (Å²) < 4.78 is 33.4. The number of hydrogen-bond acceptors (Lipinski definition) is 6. The number of carbonyl (C=O) groups excluding carboxylic acids is 3. The molecule has 3 amide bonds. The fourth-order valence-corrected chi connectivity index (χ4v) is 4.53. The Morgan fingerprint density at radius 1 is 1.00 bits per heavy atom. The molecule has 8 nitrogen and oxygen atoms in total. The molecule has 0 aliphatic carbocycles. The molecule has 0 bridgehead atoms. The number of halogens is 2. The predicted octanol–water partition coefficient (Wildman–Crippen LogP) is 3.23. The predicted molar refractivity (Wildman–Crippen MR) is 147 cm³/mol. The molecule has 1 aliphatic rings. The molecule has 4 rings (SSSR count). The number of para-hydroxylation sites is 2. The Hall–Kier alpha value is -4.15. The van der Waals surface area contributed by atoms with Crippen LogP contribution in [-0.4, -0.2) is 61.9 Å². The summed E-state index contributed by atoms with van der Waals surface area (Å²) in [6, 6.07) is 17.3. The van der Waals surface area contributed by atoms with Crippen molar-refractivity contribution in [1.29, 1.82) is 0 Å². The fourth-order valence-electron chi connectivity index (χ4n) is 4.53. The van der Waals surface area contributed by atoms with Gasteiger partial charge in [-0.15, -0.1) is 0 Å². The first-order valence-electron chi connectivity index (χ1n) is 12.9. The van der Waals surface area contributed by atoms with Crippen LogP contribution in [0.1, 0.15) is 24.2 Å². The van der Waals surface area contributed by atoms with Crippen molar-refractivity contribution < 1.29 is 27.9 Å². The van der Waals surface area contributed by atoms with Crippen LogP contribution < -0.4 is 20.3 Å². The van der Waals surface area contributed by atoms with Crippen molar-refractivity contribution in [3.05, 3.63) is 95.6 Å². The second-order valence-corrected chi connectivity index (χ2v) is 9.94. The van der Waals surface area contributed by atoms with Gasteiger partial charge >= 0.3 is 0 Å². The van der Waals surface area contributed by atoms with E-state index in [9.17, 15) is 23.2 Å². The van der Waals surface area contributed by atoms with Crippen LogP contribution in [-0.2, 0) is 20.8 Å². The van der Waals surface area contributed by atoms with Gasteiger partial charge in [0.05, 0.1) is 18.2 Å². The van der Waals surface area contributed by atoms with Crippen LogP contribution in [0.25, 0.3) is 0 Å². The van der Waals surface area contributed by atoms with Gasteiger partial charge in [0.1, 0.15) is 29.5 Å². The van der Waals surface area contributed by atoms with Crippen molar-refractivity contribution in [2.45, 2.75) is 31.5 Å². The molecule has 0 saturated carbocycles. The summed E-state index contributed by atoms with van der Waals surface area (Å²) >= 11 is 0. The summed E-state index contributed by atoms with van der Waals surface area (Å²) in [6.45, 7) is 2.51. The third kappa shape index (κ3) is 7.08. The summed E-state index contributed by atoms with van der Waals surface area (Å²) in [7, 11) is 3.82. The number of rotatable bonds is 9. The molecule has 0 fully saturated rings. The number of ether oxygens (including phenoxy) is 1. The van der Waals surface area contributed by atoms with Crippen LogP contribution in [0.15, 0.2) is 72.8 Å². The van der Waals surface area contributed by atoms with Crippen LogP contribution in [0.5, 0.6) is 5.75 Å². The van der Waals surface area contributed by atoms with E-state index in [1.54, 1.807) is 11.0 Å². The average molecular weight is 551 g/mol. The molecular weight excluding hydrogens is 518 g/mol. The SMILES string of the molecule is C[C@@H](N[C@@H]1C(=O)N(CCN(C)C)c2ccccc2OC1c1ccccc1)C(=O)NC(=O)Cc1cc(F)cc(F)c1. The van der Waals surface area contributed by atoms with Gasteiger partial charge < -0.3 is 14.5 Å². The maximum absolute atomic E-state index is 14.1. The van der Waals surface area contributed by atoms with Gasteiger partial charge in [0.2, 0.25) is 17.7 Å². The number of carbonyl (C=O) groups is 3. The highest BCUT2D eigenvalue weighted by Gasteiger charge is 2.40. The van der Waals surface area contributed by atoms with E-state index in [0.717, 1.165) is 17.7 Å². The standard InChI is InChI=1S/C30H32F2N4O4/c1-19(29(38)34-26(37)17-20-15-22(31)18-23(32)16-20)33-27-28(21-9-5-4-6-10-21)40-25-12-8-7-11-24(25)36(30(27)39)14-13-35(2)3/h4-12,15-16,18-19,27-28,33H,13-14,17H2,1-3H3,(H,34,37,38)/t19-,27+,28?/m1/s1. The summed E-state index contributed by atoms with van der Waals surface area (Å²) in [4.78, 5) is 43.2. The number of imide groups is 1. The van der Waals surface area contributed by atoms with Crippen molar-refractivity contribution in [3.63, 3.8) is 0 Å². The van der Waals surface area contributed by atoms with Crippen LogP contribution in [0.4, 0.5) is 14.5 Å². The Kier molecular flexibility index (Phi) is 9.23. The number of anilines is 1. The summed E-state index contributed by atoms with van der Waals surface area (Å²) in [5.41, 5.74) is 1.44. The topological polar surface area (TPSA) is 91.0 Å². The van der Waals surface area contributed by atoms with Gasteiger partial charge in [0.25, 0.3) is 0 Å². The Bertz CT molecular complexity index is 1350. The molecule has 210 valence electrons. The van der Waals surface area contributed by atoms with E-state index in [-0.39, 0.29) is 11.5 Å². The third-order valence-corrected chi connectivity index (χ3v) is 6.52. The van der Waals surface area contributed by atoms with Crippen molar-refractivity contribution in [2.24, 2.45) is 0 Å². The zero-order valence-electron chi connectivity index (χ0n) is 22.6. The van der Waals surface area contributed by atoms with Crippen molar-refractivity contribution in [1.82, 2.24) is 15.5 Å². The third-order valence-electron chi connectivity index (χ3n) is 6.52. The van der Waals surface area contributed by atoms with Crippen molar-refractivity contribution >= 4 is 23.4 Å². The monoisotopic (exact) mass is 550 g/mol. The molecule has 2 N–H and O–H groups in total. The van der Waals surface area contributed by atoms with E-state index in [1.165, 1.54) is 6.92 Å². The normalized spacial score (nSPS) is 17.6. The fraction of sp³-hybridized carbons (Fsp3) is 0.300. The second-order valence-electron chi connectivity index (χ2n) is 9.94. The highest BCUT2D eigenvalue weighted by molar-refractivity contribution is 6.01. The molecule has 1 heterocycles. The summed E-state index contributed by atoms with van der Waals surface area (Å²) in [5, 5.41) is 5.34. The molecule has 0 saturated heterocycles. The smallest absolute Gasteiger partial charge is 0.248 e. The number of nitrogens with one attached hydrogen (secondary N) is 2. The number of amides is 3. The maximum Gasteiger partial charge on any atom is 0.248 e. The van der Waals surface area contributed by atoms with Gasteiger partial charge in [-0.05, 0) is 56.4 Å². The van der Waals surface area contributed by atoms with Crippen molar-refractivity contribution in [3.8, 4) is 5.75 Å². The molecule has 1 unspecified atom stereocenters. The zero-order valence-corrected chi connectivity index (χ0v) is 22.6. The molecular formula is C30H32F2N4O4. The number of benzene rings is 3. The van der Waals surface area contributed by atoms with Gasteiger partial charge in [-0.3, -0.25) is 25.0 Å². The minimum Gasteiger partial charge on any atom is -0.481 e. The number of hydrogen-bond donors (Lipinski definition) is 2. The van der Waals surface area contributed by atoms with E-state index < -0.39 is 48.1 Å². The molecule has 0 aromatic heterocycles. The largest absolute Gasteiger partial charge is 0.481 e. The number of nitrogens with zero attached hydrogens (tertiary/aromatic N) is 2. The number of likely N-dealkylation sites (N-methyl/N-ethyl adjacent to an activating group) is 1. The Morgan fingerprint density at radius 3 is 2.33 bits per heavy atom. The summed E-state index contributed by atoms with van der Waals surface area (Å²) in [6.07, 6.45) is -1.17. The van der Waals surface area contributed by atoms with Gasteiger partial charge in [-0.1, -0.05) is 42.5 Å².